The van der Waals surface area contributed by atoms with Crippen molar-refractivity contribution in [2.75, 3.05) is 11.5 Å². The van der Waals surface area contributed by atoms with Crippen LogP contribution in [0.2, 0.25) is 0 Å². The van der Waals surface area contributed by atoms with Gasteiger partial charge in [0.15, 0.2) is 0 Å². The van der Waals surface area contributed by atoms with Gasteiger partial charge in [-0.25, -0.2) is 9.59 Å². The molecule has 30 heavy (non-hydrogen) atoms. The molecule has 3 rings (SSSR count). The molecule has 158 valence electrons. The van der Waals surface area contributed by atoms with E-state index in [1.54, 1.807) is 48.5 Å². The standard InChI is InChI=1S/C24H28N2O4/c1-16-2-10-21(11-3-16)30-24(28)18-7-4-17(5-8-18)6-13-23(27)29-15-19-14-20(25)9-12-22(19)26/h4-9,12-14,16,21H,2-3,10-11,15,25-26H2,1H3/b13-6+. The van der Waals surface area contributed by atoms with Crippen molar-refractivity contribution < 1.29 is 19.1 Å². The van der Waals surface area contributed by atoms with Gasteiger partial charge in [0, 0.05) is 23.0 Å². The van der Waals surface area contributed by atoms with Gasteiger partial charge in [-0.3, -0.25) is 0 Å². The van der Waals surface area contributed by atoms with Crippen LogP contribution < -0.4 is 11.5 Å². The molecule has 0 radical (unpaired) electrons. The quantitative estimate of drug-likeness (QED) is 0.418. The van der Waals surface area contributed by atoms with Crippen molar-refractivity contribution in [3.63, 3.8) is 0 Å². The van der Waals surface area contributed by atoms with Crippen molar-refractivity contribution in [2.45, 2.75) is 45.3 Å². The SMILES string of the molecule is CC1CCC(OC(=O)c2ccc(/C=C/C(=O)OCc3cc(N)ccc3N)cc2)CC1. The summed E-state index contributed by atoms with van der Waals surface area (Å²) in [5, 5.41) is 0. The molecule has 0 unspecified atom stereocenters. The molecular weight excluding hydrogens is 380 g/mol. The van der Waals surface area contributed by atoms with E-state index in [0.29, 0.717) is 28.4 Å². The molecule has 4 N–H and O–H groups in total. The number of carbonyl (C=O) groups is 2. The number of hydrogen-bond donors (Lipinski definition) is 2. The van der Waals surface area contributed by atoms with E-state index in [0.717, 1.165) is 31.2 Å². The zero-order valence-electron chi connectivity index (χ0n) is 17.2. The number of hydrogen-bond acceptors (Lipinski definition) is 6. The van der Waals surface area contributed by atoms with Crippen LogP contribution in [0.25, 0.3) is 6.08 Å². The lowest BCUT2D eigenvalue weighted by molar-refractivity contribution is -0.138. The first-order valence-corrected chi connectivity index (χ1v) is 10.2. The van der Waals surface area contributed by atoms with Crippen LogP contribution in [0.3, 0.4) is 0 Å². The Balaban J connectivity index is 1.49. The van der Waals surface area contributed by atoms with Crippen molar-refractivity contribution in [1.29, 1.82) is 0 Å². The molecule has 0 aliphatic heterocycles. The molecule has 0 atom stereocenters. The van der Waals surface area contributed by atoms with E-state index in [2.05, 4.69) is 6.92 Å². The number of nitrogens with two attached hydrogens (primary N) is 2. The van der Waals surface area contributed by atoms with Gasteiger partial charge in [0.25, 0.3) is 0 Å². The Bertz CT molecular complexity index is 913. The van der Waals surface area contributed by atoms with Gasteiger partial charge in [-0.1, -0.05) is 19.1 Å². The maximum absolute atomic E-state index is 12.3. The van der Waals surface area contributed by atoms with Crippen molar-refractivity contribution in [2.24, 2.45) is 5.92 Å². The van der Waals surface area contributed by atoms with Gasteiger partial charge >= 0.3 is 11.9 Å². The van der Waals surface area contributed by atoms with E-state index in [4.69, 9.17) is 20.9 Å². The second-order valence-corrected chi connectivity index (χ2v) is 7.81. The number of benzene rings is 2. The second-order valence-electron chi connectivity index (χ2n) is 7.81. The first kappa shape index (κ1) is 21.4. The molecule has 0 amide bonds. The molecule has 1 fully saturated rings. The summed E-state index contributed by atoms with van der Waals surface area (Å²) in [6.07, 6.45) is 7.02. The normalized spacial score (nSPS) is 18.8. The maximum Gasteiger partial charge on any atom is 0.338 e. The fourth-order valence-corrected chi connectivity index (χ4v) is 3.41. The van der Waals surface area contributed by atoms with E-state index < -0.39 is 5.97 Å². The average molecular weight is 408 g/mol. The summed E-state index contributed by atoms with van der Waals surface area (Å²) >= 11 is 0. The Hall–Kier alpha value is -3.28. The van der Waals surface area contributed by atoms with Gasteiger partial charge in [-0.15, -0.1) is 0 Å². The third-order valence-electron chi connectivity index (χ3n) is 5.33. The molecule has 1 aliphatic rings. The lowest BCUT2D eigenvalue weighted by Crippen LogP contribution is -2.23. The molecule has 0 saturated heterocycles. The minimum atomic E-state index is -0.494. The predicted molar refractivity (Wildman–Crippen MR) is 117 cm³/mol. The van der Waals surface area contributed by atoms with Crippen LogP contribution in [0.5, 0.6) is 0 Å². The lowest BCUT2D eigenvalue weighted by atomic mass is 9.89. The van der Waals surface area contributed by atoms with E-state index in [-0.39, 0.29) is 18.7 Å². The number of carbonyl (C=O) groups excluding carboxylic acids is 2. The topological polar surface area (TPSA) is 105 Å². The van der Waals surface area contributed by atoms with Crippen LogP contribution in [-0.2, 0) is 20.9 Å². The molecule has 6 heteroatoms. The number of ether oxygens (including phenoxy) is 2. The van der Waals surface area contributed by atoms with E-state index in [1.807, 2.05) is 0 Å². The van der Waals surface area contributed by atoms with Crippen LogP contribution in [0.4, 0.5) is 11.4 Å². The fourth-order valence-electron chi connectivity index (χ4n) is 3.41. The third-order valence-corrected chi connectivity index (χ3v) is 5.33. The number of esters is 2. The highest BCUT2D eigenvalue weighted by atomic mass is 16.5. The Morgan fingerprint density at radius 2 is 1.73 bits per heavy atom. The Kier molecular flexibility index (Phi) is 7.12. The van der Waals surface area contributed by atoms with Gasteiger partial charge in [-0.2, -0.15) is 0 Å². The van der Waals surface area contributed by atoms with E-state index in [9.17, 15) is 9.59 Å². The number of rotatable bonds is 6. The van der Waals surface area contributed by atoms with Crippen molar-refractivity contribution in [1.82, 2.24) is 0 Å². The molecule has 0 bridgehead atoms. The van der Waals surface area contributed by atoms with Gasteiger partial charge in [0.2, 0.25) is 0 Å². The molecular formula is C24H28N2O4. The first-order valence-electron chi connectivity index (χ1n) is 10.2. The fraction of sp³-hybridized carbons (Fsp3) is 0.333. The van der Waals surface area contributed by atoms with Gasteiger partial charge in [0.1, 0.15) is 12.7 Å². The zero-order valence-corrected chi connectivity index (χ0v) is 17.2. The van der Waals surface area contributed by atoms with Gasteiger partial charge in [-0.05, 0) is 73.6 Å². The summed E-state index contributed by atoms with van der Waals surface area (Å²) < 4.78 is 10.8. The second kappa shape index (κ2) is 9.96. The highest BCUT2D eigenvalue weighted by molar-refractivity contribution is 5.90. The van der Waals surface area contributed by atoms with Crippen LogP contribution in [0.15, 0.2) is 48.5 Å². The van der Waals surface area contributed by atoms with Crippen molar-refractivity contribution >= 4 is 29.4 Å². The Morgan fingerprint density at radius 3 is 2.43 bits per heavy atom. The summed E-state index contributed by atoms with van der Waals surface area (Å²) in [4.78, 5) is 24.3. The smallest absolute Gasteiger partial charge is 0.338 e. The van der Waals surface area contributed by atoms with E-state index in [1.165, 1.54) is 6.08 Å². The minimum Gasteiger partial charge on any atom is -0.459 e. The monoisotopic (exact) mass is 408 g/mol. The average Bonchev–Trinajstić information content (AvgIpc) is 2.75. The molecule has 1 aliphatic carbocycles. The van der Waals surface area contributed by atoms with Crippen LogP contribution >= 0.6 is 0 Å². The predicted octanol–water partition coefficient (Wildman–Crippen LogP) is 4.34. The highest BCUT2D eigenvalue weighted by Crippen LogP contribution is 2.26. The molecule has 0 heterocycles. The molecule has 2 aromatic carbocycles. The van der Waals surface area contributed by atoms with Crippen LogP contribution in [0, 0.1) is 5.92 Å². The largest absolute Gasteiger partial charge is 0.459 e. The molecule has 0 spiro atoms. The van der Waals surface area contributed by atoms with Gasteiger partial charge in [0.05, 0.1) is 5.56 Å². The maximum atomic E-state index is 12.3. The lowest BCUT2D eigenvalue weighted by Gasteiger charge is -2.25. The summed E-state index contributed by atoms with van der Waals surface area (Å²) in [5.74, 6) is -0.0862. The summed E-state index contributed by atoms with van der Waals surface area (Å²) in [6, 6.07) is 12.0. The molecule has 6 nitrogen and oxygen atoms in total. The highest BCUT2D eigenvalue weighted by Gasteiger charge is 2.22. The van der Waals surface area contributed by atoms with E-state index >= 15 is 0 Å². The molecule has 2 aromatic rings. The number of anilines is 2. The summed E-state index contributed by atoms with van der Waals surface area (Å²) in [5.41, 5.74) is 14.6. The molecule has 1 saturated carbocycles. The Labute approximate surface area is 176 Å². The zero-order chi connectivity index (χ0) is 21.5. The minimum absolute atomic E-state index is 0.0112. The van der Waals surface area contributed by atoms with Crippen LogP contribution in [-0.4, -0.2) is 18.0 Å². The summed E-state index contributed by atoms with van der Waals surface area (Å²) in [7, 11) is 0. The molecule has 0 aromatic heterocycles. The first-order chi connectivity index (χ1) is 14.4. The van der Waals surface area contributed by atoms with Crippen molar-refractivity contribution in [3.05, 3.63) is 65.2 Å². The summed E-state index contributed by atoms with van der Waals surface area (Å²) in [6.45, 7) is 2.28. The Morgan fingerprint density at radius 1 is 1.03 bits per heavy atom. The van der Waals surface area contributed by atoms with Gasteiger partial charge < -0.3 is 20.9 Å². The van der Waals surface area contributed by atoms with Crippen molar-refractivity contribution in [3.8, 4) is 0 Å². The number of nitrogen functional groups attached to an aromatic ring is 2. The third kappa shape index (κ3) is 6.11. The van der Waals surface area contributed by atoms with Crippen LogP contribution in [0.1, 0.15) is 54.1 Å².